The molecule has 1 atom stereocenters. The van der Waals surface area contributed by atoms with Crippen molar-refractivity contribution in [1.82, 2.24) is 5.32 Å². The van der Waals surface area contributed by atoms with Crippen LogP contribution in [0, 0.1) is 11.8 Å². The number of hydrogen-bond acceptors (Lipinski definition) is 3. The van der Waals surface area contributed by atoms with Gasteiger partial charge < -0.3 is 15.5 Å². The van der Waals surface area contributed by atoms with Crippen molar-refractivity contribution in [3.63, 3.8) is 0 Å². The molecule has 3 N–H and O–H groups in total. The van der Waals surface area contributed by atoms with Gasteiger partial charge in [0.15, 0.2) is 0 Å². The first-order chi connectivity index (χ1) is 11.0. The van der Waals surface area contributed by atoms with Crippen LogP contribution in [0.4, 0.5) is 0 Å². The van der Waals surface area contributed by atoms with Crippen molar-refractivity contribution in [3.8, 4) is 11.8 Å². The van der Waals surface area contributed by atoms with Crippen molar-refractivity contribution in [1.29, 1.82) is 0 Å². The zero-order valence-corrected chi connectivity index (χ0v) is 13.6. The lowest BCUT2D eigenvalue weighted by atomic mass is 9.85. The van der Waals surface area contributed by atoms with Crippen LogP contribution >= 0.6 is 0 Å². The number of aliphatic hydroxyl groups excluding tert-OH is 1. The molecule has 0 aliphatic heterocycles. The standard InChI is InChI=1S/C19H25NO3/c1-15(21)20-13-9-18(22)17-7-5-6-16(14-17)8-12-19(23)10-3-2-4-11-19/h5-7,14,18,22-23H,2-4,9-11,13H2,1H3,(H,20,21). The Hall–Kier alpha value is -1.83. The van der Waals surface area contributed by atoms with E-state index in [2.05, 4.69) is 17.2 Å². The third-order valence-corrected chi connectivity index (χ3v) is 4.18. The molecule has 0 saturated heterocycles. The molecule has 1 saturated carbocycles. The van der Waals surface area contributed by atoms with Gasteiger partial charge in [0.2, 0.25) is 5.91 Å². The van der Waals surface area contributed by atoms with Crippen molar-refractivity contribution in [3.05, 3.63) is 35.4 Å². The Bertz CT molecular complexity index is 594. The molecule has 1 aromatic carbocycles. The van der Waals surface area contributed by atoms with Crippen molar-refractivity contribution >= 4 is 5.91 Å². The van der Waals surface area contributed by atoms with Crippen LogP contribution in [0.1, 0.15) is 62.7 Å². The van der Waals surface area contributed by atoms with E-state index >= 15 is 0 Å². The van der Waals surface area contributed by atoms with E-state index in [9.17, 15) is 15.0 Å². The largest absolute Gasteiger partial charge is 0.388 e. The molecule has 1 aliphatic carbocycles. The third kappa shape index (κ3) is 5.70. The summed E-state index contributed by atoms with van der Waals surface area (Å²) < 4.78 is 0. The van der Waals surface area contributed by atoms with Gasteiger partial charge in [0.05, 0.1) is 6.10 Å². The fraction of sp³-hybridized carbons (Fsp3) is 0.526. The van der Waals surface area contributed by atoms with E-state index in [1.165, 1.54) is 13.3 Å². The molecule has 23 heavy (non-hydrogen) atoms. The van der Waals surface area contributed by atoms with E-state index in [1.807, 2.05) is 24.3 Å². The Morgan fingerprint density at radius 2 is 2.09 bits per heavy atom. The molecule has 124 valence electrons. The zero-order valence-electron chi connectivity index (χ0n) is 13.6. The highest BCUT2D eigenvalue weighted by Crippen LogP contribution is 2.27. The Labute approximate surface area is 137 Å². The van der Waals surface area contributed by atoms with Gasteiger partial charge in [0.25, 0.3) is 0 Å². The highest BCUT2D eigenvalue weighted by Gasteiger charge is 2.26. The second-order valence-electron chi connectivity index (χ2n) is 6.26. The summed E-state index contributed by atoms with van der Waals surface area (Å²) in [5.41, 5.74) is 0.705. The maximum Gasteiger partial charge on any atom is 0.216 e. The molecule has 0 radical (unpaired) electrons. The predicted octanol–water partition coefficient (Wildman–Crippen LogP) is 2.29. The highest BCUT2D eigenvalue weighted by atomic mass is 16.3. The summed E-state index contributed by atoms with van der Waals surface area (Å²) in [5, 5.41) is 23.3. The minimum atomic E-state index is -0.863. The van der Waals surface area contributed by atoms with E-state index < -0.39 is 11.7 Å². The van der Waals surface area contributed by atoms with Crippen molar-refractivity contribution in [2.24, 2.45) is 0 Å². The molecule has 0 aromatic heterocycles. The first-order valence-corrected chi connectivity index (χ1v) is 8.26. The zero-order chi connectivity index (χ0) is 16.7. The number of aliphatic hydroxyl groups is 2. The second-order valence-corrected chi connectivity index (χ2v) is 6.26. The van der Waals surface area contributed by atoms with Gasteiger partial charge in [-0.1, -0.05) is 30.4 Å². The molecule has 4 heteroatoms. The molecule has 0 spiro atoms. The Morgan fingerprint density at radius 3 is 2.78 bits per heavy atom. The van der Waals surface area contributed by atoms with Gasteiger partial charge in [-0.2, -0.15) is 0 Å². The number of benzene rings is 1. The molecule has 1 fully saturated rings. The first kappa shape index (κ1) is 17.5. The van der Waals surface area contributed by atoms with Crippen LogP contribution < -0.4 is 5.32 Å². The van der Waals surface area contributed by atoms with Crippen LogP contribution in [-0.2, 0) is 4.79 Å². The number of nitrogens with one attached hydrogen (secondary N) is 1. The Balaban J connectivity index is 2.00. The molecule has 1 amide bonds. The summed E-state index contributed by atoms with van der Waals surface area (Å²) in [5.74, 6) is 5.95. The lowest BCUT2D eigenvalue weighted by molar-refractivity contribution is -0.119. The van der Waals surface area contributed by atoms with Crippen molar-refractivity contribution in [2.75, 3.05) is 6.54 Å². The monoisotopic (exact) mass is 315 g/mol. The molecule has 2 rings (SSSR count). The number of amides is 1. The van der Waals surface area contributed by atoms with Gasteiger partial charge in [-0.05, 0) is 49.8 Å². The molecule has 1 unspecified atom stereocenters. The quantitative estimate of drug-likeness (QED) is 0.747. The fourth-order valence-corrected chi connectivity index (χ4v) is 2.83. The number of hydrogen-bond donors (Lipinski definition) is 3. The van der Waals surface area contributed by atoms with Crippen LogP contribution in [0.2, 0.25) is 0 Å². The van der Waals surface area contributed by atoms with E-state index in [-0.39, 0.29) is 5.91 Å². The summed E-state index contributed by atoms with van der Waals surface area (Å²) in [6, 6.07) is 7.42. The molecule has 1 aliphatic rings. The van der Waals surface area contributed by atoms with Gasteiger partial charge in [-0.25, -0.2) is 0 Å². The van der Waals surface area contributed by atoms with Gasteiger partial charge >= 0.3 is 0 Å². The molecular weight excluding hydrogens is 290 g/mol. The van der Waals surface area contributed by atoms with Gasteiger partial charge in [0.1, 0.15) is 5.60 Å². The van der Waals surface area contributed by atoms with Crippen LogP contribution in [0.5, 0.6) is 0 Å². The highest BCUT2D eigenvalue weighted by molar-refractivity contribution is 5.72. The molecule has 4 nitrogen and oxygen atoms in total. The lowest BCUT2D eigenvalue weighted by Gasteiger charge is -2.26. The Kier molecular flexibility index (Phi) is 6.20. The van der Waals surface area contributed by atoms with Crippen LogP contribution in [0.25, 0.3) is 0 Å². The van der Waals surface area contributed by atoms with Crippen molar-refractivity contribution < 1.29 is 15.0 Å². The summed E-state index contributed by atoms with van der Waals surface area (Å²) in [6.07, 6.45) is 4.50. The normalized spacial score (nSPS) is 17.7. The molecule has 1 aromatic rings. The summed E-state index contributed by atoms with van der Waals surface area (Å²) in [7, 11) is 0. The fourth-order valence-electron chi connectivity index (χ4n) is 2.83. The van der Waals surface area contributed by atoms with Crippen LogP contribution in [0.3, 0.4) is 0 Å². The van der Waals surface area contributed by atoms with Crippen LogP contribution in [-0.4, -0.2) is 28.3 Å². The minimum Gasteiger partial charge on any atom is -0.388 e. The Morgan fingerprint density at radius 1 is 1.35 bits per heavy atom. The van der Waals surface area contributed by atoms with Gasteiger partial charge in [-0.3, -0.25) is 4.79 Å². The van der Waals surface area contributed by atoms with Crippen LogP contribution in [0.15, 0.2) is 24.3 Å². The first-order valence-electron chi connectivity index (χ1n) is 8.26. The molecule has 0 heterocycles. The van der Waals surface area contributed by atoms with Gasteiger partial charge in [-0.15, -0.1) is 0 Å². The minimum absolute atomic E-state index is 0.0995. The summed E-state index contributed by atoms with van der Waals surface area (Å²) >= 11 is 0. The lowest BCUT2D eigenvalue weighted by Crippen LogP contribution is -2.29. The summed E-state index contributed by atoms with van der Waals surface area (Å²) in [4.78, 5) is 10.8. The van der Waals surface area contributed by atoms with E-state index in [0.717, 1.165) is 36.8 Å². The molecular formula is C19H25NO3. The maximum atomic E-state index is 10.8. The van der Waals surface area contributed by atoms with Gasteiger partial charge in [0, 0.05) is 19.0 Å². The predicted molar refractivity (Wildman–Crippen MR) is 89.6 cm³/mol. The summed E-state index contributed by atoms with van der Waals surface area (Å²) in [6.45, 7) is 1.89. The SMILES string of the molecule is CC(=O)NCCC(O)c1cccc(C#CC2(O)CCCCC2)c1. The number of carbonyl (C=O) groups is 1. The average molecular weight is 315 g/mol. The topological polar surface area (TPSA) is 69.6 Å². The number of carbonyl (C=O) groups excluding carboxylic acids is 1. The number of rotatable bonds is 4. The smallest absolute Gasteiger partial charge is 0.216 e. The van der Waals surface area contributed by atoms with E-state index in [4.69, 9.17) is 0 Å². The van der Waals surface area contributed by atoms with E-state index in [0.29, 0.717) is 13.0 Å². The van der Waals surface area contributed by atoms with E-state index in [1.54, 1.807) is 0 Å². The van der Waals surface area contributed by atoms with Crippen molar-refractivity contribution in [2.45, 2.75) is 57.2 Å². The third-order valence-electron chi connectivity index (χ3n) is 4.18. The maximum absolute atomic E-state index is 10.8. The molecule has 0 bridgehead atoms. The second kappa shape index (κ2) is 8.14. The average Bonchev–Trinajstić information content (AvgIpc) is 2.54.